The number of nitrogens with one attached hydrogen (secondary N) is 1. The van der Waals surface area contributed by atoms with Crippen LogP contribution in [0.4, 0.5) is 5.88 Å². The highest BCUT2D eigenvalue weighted by atomic mass is 16.4. The number of nitrogens with zero attached hydrogens (tertiary/aromatic N) is 2. The second kappa shape index (κ2) is 7.69. The summed E-state index contributed by atoms with van der Waals surface area (Å²) in [6, 6.07) is 5.70. The number of carbonyl (C=O) groups is 1. The molecular formula is C17H23N3O2. The highest BCUT2D eigenvalue weighted by molar-refractivity contribution is 6.01. The molecule has 1 aromatic heterocycles. The first-order valence-corrected chi connectivity index (χ1v) is 7.91. The van der Waals surface area contributed by atoms with Crippen LogP contribution in [0.3, 0.4) is 0 Å². The van der Waals surface area contributed by atoms with Crippen molar-refractivity contribution < 1.29 is 9.21 Å². The van der Waals surface area contributed by atoms with Crippen molar-refractivity contribution in [3.8, 4) is 6.07 Å². The molecule has 0 unspecified atom stereocenters. The summed E-state index contributed by atoms with van der Waals surface area (Å²) in [5, 5.41) is 12.0. The number of anilines is 1. The van der Waals surface area contributed by atoms with E-state index < -0.39 is 0 Å². The Kier molecular flexibility index (Phi) is 5.65. The number of hydrogen-bond donors (Lipinski definition) is 1. The molecule has 0 aromatic carbocycles. The molecule has 1 aliphatic heterocycles. The third-order valence-corrected chi connectivity index (χ3v) is 3.92. The summed E-state index contributed by atoms with van der Waals surface area (Å²) in [4.78, 5) is 14.2. The lowest BCUT2D eigenvalue weighted by Crippen LogP contribution is -2.32. The summed E-state index contributed by atoms with van der Waals surface area (Å²) in [5.41, 5.74) is 0.0693. The van der Waals surface area contributed by atoms with Crippen LogP contribution in [0.15, 0.2) is 22.1 Å². The molecular weight excluding hydrogens is 278 g/mol. The van der Waals surface area contributed by atoms with Gasteiger partial charge in [0.15, 0.2) is 5.88 Å². The minimum absolute atomic E-state index is 0.0461. The molecule has 118 valence electrons. The van der Waals surface area contributed by atoms with Gasteiger partial charge in [0.25, 0.3) is 5.91 Å². The number of hydrogen-bond acceptors (Lipinski definition) is 4. The van der Waals surface area contributed by atoms with Gasteiger partial charge >= 0.3 is 0 Å². The summed E-state index contributed by atoms with van der Waals surface area (Å²) in [5.74, 6) is 0.995. The number of furan rings is 1. The normalized spacial score (nSPS) is 17.0. The van der Waals surface area contributed by atoms with E-state index in [2.05, 4.69) is 10.2 Å². The van der Waals surface area contributed by atoms with Crippen LogP contribution in [0, 0.1) is 11.3 Å². The summed E-state index contributed by atoms with van der Waals surface area (Å²) in [6.07, 6.45) is 5.94. The summed E-state index contributed by atoms with van der Waals surface area (Å²) in [7, 11) is 0. The van der Waals surface area contributed by atoms with Gasteiger partial charge in [-0.1, -0.05) is 6.92 Å². The van der Waals surface area contributed by atoms with Gasteiger partial charge in [0.2, 0.25) is 0 Å². The molecule has 0 spiro atoms. The number of carbonyl (C=O) groups excluding carboxylic acids is 1. The van der Waals surface area contributed by atoms with Gasteiger partial charge in [-0.25, -0.2) is 0 Å². The van der Waals surface area contributed by atoms with Crippen LogP contribution in [0.1, 0.15) is 45.3 Å². The molecule has 1 atom stereocenters. The summed E-state index contributed by atoms with van der Waals surface area (Å²) >= 11 is 0. The van der Waals surface area contributed by atoms with Crippen LogP contribution in [0.5, 0.6) is 0 Å². The maximum absolute atomic E-state index is 12.0. The van der Waals surface area contributed by atoms with E-state index in [9.17, 15) is 4.79 Å². The second-order valence-corrected chi connectivity index (χ2v) is 5.68. The van der Waals surface area contributed by atoms with Crippen molar-refractivity contribution in [3.63, 3.8) is 0 Å². The summed E-state index contributed by atoms with van der Waals surface area (Å²) in [6.45, 7) is 5.89. The van der Waals surface area contributed by atoms with Crippen molar-refractivity contribution in [3.05, 3.63) is 23.5 Å². The molecule has 0 bridgehead atoms. The highest BCUT2D eigenvalue weighted by Crippen LogP contribution is 2.23. The fraction of sp³-hybridized carbons (Fsp3) is 0.529. The smallest absolute Gasteiger partial charge is 0.262 e. The average Bonchev–Trinajstić information content (AvgIpc) is 3.01. The van der Waals surface area contributed by atoms with Crippen LogP contribution >= 0.6 is 0 Å². The first kappa shape index (κ1) is 16.2. The summed E-state index contributed by atoms with van der Waals surface area (Å²) < 4.78 is 5.76. The fourth-order valence-corrected chi connectivity index (χ4v) is 2.40. The van der Waals surface area contributed by atoms with E-state index >= 15 is 0 Å². The second-order valence-electron chi connectivity index (χ2n) is 5.68. The Bertz CT molecular complexity index is 577. The van der Waals surface area contributed by atoms with Gasteiger partial charge in [-0.2, -0.15) is 5.26 Å². The predicted molar refractivity (Wildman–Crippen MR) is 86.3 cm³/mol. The number of piperidine rings is 1. The Balaban J connectivity index is 2.08. The monoisotopic (exact) mass is 301 g/mol. The number of rotatable bonds is 5. The Morgan fingerprint density at radius 1 is 1.45 bits per heavy atom. The van der Waals surface area contributed by atoms with Crippen molar-refractivity contribution in [2.75, 3.05) is 18.0 Å². The zero-order valence-corrected chi connectivity index (χ0v) is 13.3. The molecule has 0 aliphatic carbocycles. The molecule has 1 aromatic rings. The molecule has 1 saturated heterocycles. The topological polar surface area (TPSA) is 69.3 Å². The van der Waals surface area contributed by atoms with E-state index in [1.807, 2.05) is 26.0 Å². The third kappa shape index (κ3) is 4.14. The standard InChI is InChI=1S/C17H23N3O2/c1-3-13(2)19-17(21)14(12-18)11-15-7-8-16(22-15)20-9-5-4-6-10-20/h7-8,11,13H,3-6,9-10H2,1-2H3,(H,19,21)/b14-11+/t13-/m0/s1. The lowest BCUT2D eigenvalue weighted by atomic mass is 10.1. The Labute approximate surface area is 131 Å². The average molecular weight is 301 g/mol. The SMILES string of the molecule is CC[C@H](C)NC(=O)/C(C#N)=C/c1ccc(N2CCCCC2)o1. The first-order chi connectivity index (χ1) is 10.6. The number of nitriles is 1. The van der Waals surface area contributed by atoms with Crippen LogP contribution in [0.2, 0.25) is 0 Å². The van der Waals surface area contributed by atoms with Crippen molar-refractivity contribution in [2.45, 2.75) is 45.6 Å². The predicted octanol–water partition coefficient (Wildman–Crippen LogP) is 3.09. The lowest BCUT2D eigenvalue weighted by molar-refractivity contribution is -0.117. The molecule has 2 rings (SSSR count). The molecule has 0 radical (unpaired) electrons. The minimum Gasteiger partial charge on any atom is -0.441 e. The molecule has 1 N–H and O–H groups in total. The van der Waals surface area contributed by atoms with E-state index in [4.69, 9.17) is 9.68 Å². The van der Waals surface area contributed by atoms with Crippen LogP contribution < -0.4 is 10.2 Å². The van der Waals surface area contributed by atoms with Crippen molar-refractivity contribution in [1.29, 1.82) is 5.26 Å². The maximum atomic E-state index is 12.0. The van der Waals surface area contributed by atoms with Gasteiger partial charge in [-0.3, -0.25) is 4.79 Å². The van der Waals surface area contributed by atoms with Crippen molar-refractivity contribution in [2.24, 2.45) is 0 Å². The zero-order valence-electron chi connectivity index (χ0n) is 13.3. The Morgan fingerprint density at radius 2 is 2.18 bits per heavy atom. The van der Waals surface area contributed by atoms with Gasteiger partial charge in [0.1, 0.15) is 17.4 Å². The lowest BCUT2D eigenvalue weighted by Gasteiger charge is -2.25. The minimum atomic E-state index is -0.354. The highest BCUT2D eigenvalue weighted by Gasteiger charge is 2.15. The first-order valence-electron chi connectivity index (χ1n) is 7.91. The molecule has 2 heterocycles. The molecule has 1 aliphatic rings. The van der Waals surface area contributed by atoms with Gasteiger partial charge in [0.05, 0.1) is 0 Å². The third-order valence-electron chi connectivity index (χ3n) is 3.92. The van der Waals surface area contributed by atoms with Gasteiger partial charge < -0.3 is 14.6 Å². The van der Waals surface area contributed by atoms with Crippen molar-refractivity contribution in [1.82, 2.24) is 5.32 Å². The molecule has 0 saturated carbocycles. The Hall–Kier alpha value is -2.22. The van der Waals surface area contributed by atoms with Crippen molar-refractivity contribution >= 4 is 17.9 Å². The zero-order chi connectivity index (χ0) is 15.9. The largest absolute Gasteiger partial charge is 0.441 e. The van der Waals surface area contributed by atoms with E-state index in [0.717, 1.165) is 25.4 Å². The molecule has 5 heteroatoms. The molecule has 1 amide bonds. The fourth-order valence-electron chi connectivity index (χ4n) is 2.40. The number of amides is 1. The Morgan fingerprint density at radius 3 is 2.82 bits per heavy atom. The van der Waals surface area contributed by atoms with E-state index in [1.165, 1.54) is 25.3 Å². The van der Waals surface area contributed by atoms with Gasteiger partial charge in [0, 0.05) is 31.3 Å². The van der Waals surface area contributed by atoms with Crippen LogP contribution in [-0.4, -0.2) is 25.0 Å². The molecule has 1 fully saturated rings. The molecule has 22 heavy (non-hydrogen) atoms. The van der Waals surface area contributed by atoms with E-state index in [1.54, 1.807) is 6.07 Å². The van der Waals surface area contributed by atoms with E-state index in [-0.39, 0.29) is 17.5 Å². The van der Waals surface area contributed by atoms with Gasteiger partial charge in [-0.15, -0.1) is 0 Å². The van der Waals surface area contributed by atoms with Crippen LogP contribution in [0.25, 0.3) is 6.08 Å². The quantitative estimate of drug-likeness (QED) is 0.670. The van der Waals surface area contributed by atoms with E-state index in [0.29, 0.717) is 5.76 Å². The maximum Gasteiger partial charge on any atom is 0.262 e. The molecule has 5 nitrogen and oxygen atoms in total. The van der Waals surface area contributed by atoms with Gasteiger partial charge in [-0.05, 0) is 38.7 Å². The van der Waals surface area contributed by atoms with Crippen LogP contribution in [-0.2, 0) is 4.79 Å².